The van der Waals surface area contributed by atoms with Crippen LogP contribution in [0.15, 0.2) is 75.7 Å². The summed E-state index contributed by atoms with van der Waals surface area (Å²) in [4.78, 5) is 32.5. The van der Waals surface area contributed by atoms with Crippen molar-refractivity contribution >= 4 is 35.0 Å². The molecule has 7 nitrogen and oxygen atoms in total. The Bertz CT molecular complexity index is 1830. The smallest absolute Gasteiger partial charge is 0.338 e. The van der Waals surface area contributed by atoms with Gasteiger partial charge < -0.3 is 14.0 Å². The summed E-state index contributed by atoms with van der Waals surface area (Å²) in [6, 6.07) is 16.4. The standard InChI is InChI=1S/C31H30ClN3O4S/c1-6-38-25-14-9-8-13-24(25)28-27(30(37)39-7-2)19(4)33-31-35(28)29(36)26(40-31)16-21-15-18(3)34(20(21)5)23-12-10-11-22(32)17-23/h8-17,28H,6-7H2,1-5H3/b26-16-/t28-/m1/s1. The lowest BCUT2D eigenvalue weighted by Gasteiger charge is -2.26. The fraction of sp³-hybridized carbons (Fsp3) is 0.258. The number of hydrogen-bond donors (Lipinski definition) is 0. The zero-order valence-corrected chi connectivity index (χ0v) is 24.6. The highest BCUT2D eigenvalue weighted by Gasteiger charge is 2.35. The van der Waals surface area contributed by atoms with Crippen molar-refractivity contribution < 1.29 is 14.3 Å². The van der Waals surface area contributed by atoms with Crippen LogP contribution in [0.1, 0.15) is 49.3 Å². The van der Waals surface area contributed by atoms with Crippen molar-refractivity contribution in [3.05, 3.63) is 113 Å². The van der Waals surface area contributed by atoms with Crippen LogP contribution < -0.4 is 19.6 Å². The minimum Gasteiger partial charge on any atom is -0.494 e. The number of aromatic nitrogens is 2. The van der Waals surface area contributed by atoms with E-state index in [1.807, 2.05) is 81.4 Å². The summed E-state index contributed by atoms with van der Waals surface area (Å²) in [6.07, 6.45) is 1.89. The molecule has 0 aliphatic carbocycles. The highest BCUT2D eigenvalue weighted by atomic mass is 35.5. The maximum absolute atomic E-state index is 14.1. The zero-order valence-electron chi connectivity index (χ0n) is 23.0. The Morgan fingerprint density at radius 1 is 1.07 bits per heavy atom. The van der Waals surface area contributed by atoms with E-state index < -0.39 is 12.0 Å². The number of ether oxygens (including phenoxy) is 2. The van der Waals surface area contributed by atoms with Crippen LogP contribution in [0.3, 0.4) is 0 Å². The van der Waals surface area contributed by atoms with E-state index in [2.05, 4.69) is 9.56 Å². The molecule has 0 fully saturated rings. The van der Waals surface area contributed by atoms with Crippen LogP contribution in [0.2, 0.25) is 5.02 Å². The third-order valence-corrected chi connectivity index (χ3v) is 8.07. The van der Waals surface area contributed by atoms with Crippen molar-refractivity contribution in [2.75, 3.05) is 13.2 Å². The molecule has 3 heterocycles. The number of hydrogen-bond acceptors (Lipinski definition) is 6. The van der Waals surface area contributed by atoms with E-state index in [-0.39, 0.29) is 12.2 Å². The van der Waals surface area contributed by atoms with Gasteiger partial charge in [0.2, 0.25) is 0 Å². The van der Waals surface area contributed by atoms with Crippen LogP contribution in [0.25, 0.3) is 11.8 Å². The Hall–Kier alpha value is -3.88. The minimum absolute atomic E-state index is 0.210. The summed E-state index contributed by atoms with van der Waals surface area (Å²) in [6.45, 7) is 10.1. The molecule has 9 heteroatoms. The van der Waals surface area contributed by atoms with E-state index in [1.54, 1.807) is 18.4 Å². The van der Waals surface area contributed by atoms with Gasteiger partial charge >= 0.3 is 5.97 Å². The molecule has 0 bridgehead atoms. The van der Waals surface area contributed by atoms with Crippen molar-refractivity contribution in [2.45, 2.75) is 40.7 Å². The molecule has 0 unspecified atom stereocenters. The van der Waals surface area contributed by atoms with Crippen LogP contribution >= 0.6 is 22.9 Å². The fourth-order valence-corrected chi connectivity index (χ4v) is 6.39. The Kier molecular flexibility index (Phi) is 7.83. The van der Waals surface area contributed by atoms with Crippen molar-refractivity contribution in [1.29, 1.82) is 0 Å². The molecule has 0 saturated heterocycles. The highest BCUT2D eigenvalue weighted by molar-refractivity contribution is 7.07. The molecule has 0 amide bonds. The van der Waals surface area contributed by atoms with Gasteiger partial charge in [0.15, 0.2) is 4.80 Å². The molecule has 206 valence electrons. The van der Waals surface area contributed by atoms with Gasteiger partial charge in [-0.3, -0.25) is 9.36 Å². The number of esters is 1. The lowest BCUT2D eigenvalue weighted by molar-refractivity contribution is -0.139. The first-order valence-electron chi connectivity index (χ1n) is 13.1. The van der Waals surface area contributed by atoms with Crippen LogP contribution in [0.5, 0.6) is 5.75 Å². The number of fused-ring (bicyclic) bond motifs is 1. The summed E-state index contributed by atoms with van der Waals surface area (Å²) >= 11 is 7.55. The SMILES string of the molecule is CCOC(=O)C1=C(C)N=c2s/c(=C\c3cc(C)n(-c4cccc(Cl)c4)c3C)c(=O)n2[C@@H]1c1ccccc1OCC. The summed E-state index contributed by atoms with van der Waals surface area (Å²) in [5, 5.41) is 0.653. The number of halogens is 1. The van der Waals surface area contributed by atoms with E-state index in [0.717, 1.165) is 22.6 Å². The molecule has 4 aromatic rings. The second-order valence-corrected chi connectivity index (χ2v) is 10.9. The first kappa shape index (κ1) is 27.7. The maximum atomic E-state index is 14.1. The van der Waals surface area contributed by atoms with Crippen LogP contribution in [0.4, 0.5) is 0 Å². The van der Waals surface area contributed by atoms with Crippen molar-refractivity contribution in [3.63, 3.8) is 0 Å². The van der Waals surface area contributed by atoms with Gasteiger partial charge in [-0.05, 0) is 76.6 Å². The van der Waals surface area contributed by atoms with Gasteiger partial charge in [-0.2, -0.15) is 0 Å². The predicted octanol–water partition coefficient (Wildman–Crippen LogP) is 5.26. The summed E-state index contributed by atoms with van der Waals surface area (Å²) in [5.41, 5.74) is 5.17. The van der Waals surface area contributed by atoms with E-state index in [4.69, 9.17) is 21.1 Å². The average molecular weight is 576 g/mol. The number of aryl methyl sites for hydroxylation is 1. The zero-order chi connectivity index (χ0) is 28.6. The highest BCUT2D eigenvalue weighted by Crippen LogP contribution is 2.36. The maximum Gasteiger partial charge on any atom is 0.338 e. The van der Waals surface area contributed by atoms with E-state index in [0.29, 0.717) is 43.5 Å². The van der Waals surface area contributed by atoms with Crippen molar-refractivity contribution in [1.82, 2.24) is 9.13 Å². The first-order valence-corrected chi connectivity index (χ1v) is 14.3. The second-order valence-electron chi connectivity index (χ2n) is 9.41. The number of carbonyl (C=O) groups excluding carboxylic acids is 1. The van der Waals surface area contributed by atoms with Gasteiger partial charge in [0.1, 0.15) is 11.8 Å². The normalized spacial score (nSPS) is 15.2. The van der Waals surface area contributed by atoms with E-state index in [1.165, 1.54) is 11.3 Å². The van der Waals surface area contributed by atoms with Gasteiger partial charge in [-0.25, -0.2) is 9.79 Å². The largest absolute Gasteiger partial charge is 0.494 e. The summed E-state index contributed by atoms with van der Waals surface area (Å²) in [7, 11) is 0. The van der Waals surface area contributed by atoms with E-state index >= 15 is 0 Å². The Labute approximate surface area is 241 Å². The lowest BCUT2D eigenvalue weighted by atomic mass is 9.95. The number of allylic oxidation sites excluding steroid dienone is 1. The molecular weight excluding hydrogens is 546 g/mol. The first-order chi connectivity index (χ1) is 19.2. The second kappa shape index (κ2) is 11.3. The fourth-order valence-electron chi connectivity index (χ4n) is 5.17. The topological polar surface area (TPSA) is 74.8 Å². The van der Waals surface area contributed by atoms with Crippen LogP contribution in [0, 0.1) is 13.8 Å². The Morgan fingerprint density at radius 3 is 2.58 bits per heavy atom. The molecular formula is C31H30ClN3O4S. The number of carbonyl (C=O) groups is 1. The van der Waals surface area contributed by atoms with E-state index in [9.17, 15) is 9.59 Å². The molecule has 0 spiro atoms. The predicted molar refractivity (Wildman–Crippen MR) is 158 cm³/mol. The number of para-hydroxylation sites is 1. The third kappa shape index (κ3) is 4.93. The molecule has 40 heavy (non-hydrogen) atoms. The van der Waals surface area contributed by atoms with Crippen LogP contribution in [-0.4, -0.2) is 28.3 Å². The van der Waals surface area contributed by atoms with Crippen LogP contribution in [-0.2, 0) is 9.53 Å². The van der Waals surface area contributed by atoms with Gasteiger partial charge in [0, 0.05) is 27.7 Å². The molecule has 5 rings (SSSR count). The van der Waals surface area contributed by atoms with Crippen molar-refractivity contribution in [3.8, 4) is 11.4 Å². The Balaban J connectivity index is 1.72. The number of nitrogens with zero attached hydrogens (tertiary/aromatic N) is 3. The molecule has 0 N–H and O–H groups in total. The number of benzene rings is 2. The monoisotopic (exact) mass is 575 g/mol. The molecule has 1 aliphatic rings. The molecule has 2 aromatic heterocycles. The molecule has 2 aromatic carbocycles. The molecule has 1 atom stereocenters. The summed E-state index contributed by atoms with van der Waals surface area (Å²) < 4.78 is 15.5. The van der Waals surface area contributed by atoms with Crippen molar-refractivity contribution in [2.24, 2.45) is 4.99 Å². The Morgan fingerprint density at radius 2 is 1.85 bits per heavy atom. The van der Waals surface area contributed by atoms with Gasteiger partial charge in [-0.1, -0.05) is 47.2 Å². The van der Waals surface area contributed by atoms with Gasteiger partial charge in [-0.15, -0.1) is 0 Å². The quantitative estimate of drug-likeness (QED) is 0.282. The average Bonchev–Trinajstić information content (AvgIpc) is 3.37. The molecule has 1 aliphatic heterocycles. The summed E-state index contributed by atoms with van der Waals surface area (Å²) in [5.74, 6) is 0.102. The molecule has 0 saturated carbocycles. The van der Waals surface area contributed by atoms with Gasteiger partial charge in [0.05, 0.1) is 29.0 Å². The lowest BCUT2D eigenvalue weighted by Crippen LogP contribution is -2.40. The van der Waals surface area contributed by atoms with Gasteiger partial charge in [0.25, 0.3) is 5.56 Å². The number of rotatable bonds is 7. The number of thiazole rings is 1. The minimum atomic E-state index is -0.737. The molecule has 0 radical (unpaired) electrons. The third-order valence-electron chi connectivity index (χ3n) is 6.85.